The monoisotopic (exact) mass is 205 g/mol. The molecule has 0 bridgehead atoms. The van der Waals surface area contributed by atoms with Crippen molar-refractivity contribution in [2.75, 3.05) is 0 Å². The number of carboxylic acids is 1. The van der Waals surface area contributed by atoms with Crippen LogP contribution in [0.4, 0.5) is 0 Å². The minimum atomic E-state index is -0.874. The second-order valence-electron chi connectivity index (χ2n) is 4.16. The first-order chi connectivity index (χ1) is 7.15. The van der Waals surface area contributed by atoms with Crippen LogP contribution in [-0.2, 0) is 10.3 Å². The minimum absolute atomic E-state index is 0.265. The zero-order valence-electron chi connectivity index (χ0n) is 8.73. The highest BCUT2D eigenvalue weighted by molar-refractivity contribution is 5.81. The van der Waals surface area contributed by atoms with Crippen LogP contribution in [0.2, 0.25) is 0 Å². The molecular formula is C12H15NO2. The summed E-state index contributed by atoms with van der Waals surface area (Å²) in [6.45, 7) is 2.02. The van der Waals surface area contributed by atoms with Gasteiger partial charge in [-0.25, -0.2) is 4.79 Å². The molecule has 3 heteroatoms. The molecule has 0 saturated carbocycles. The fourth-order valence-electron chi connectivity index (χ4n) is 2.24. The van der Waals surface area contributed by atoms with Gasteiger partial charge in [-0.2, -0.15) is 0 Å². The number of hydrogen-bond acceptors (Lipinski definition) is 2. The van der Waals surface area contributed by atoms with Crippen LogP contribution in [0.3, 0.4) is 0 Å². The number of aliphatic carboxylic acids is 1. The molecule has 1 aliphatic rings. The Kier molecular flexibility index (Phi) is 2.49. The van der Waals surface area contributed by atoms with Gasteiger partial charge in [-0.1, -0.05) is 30.3 Å². The van der Waals surface area contributed by atoms with Gasteiger partial charge in [0.25, 0.3) is 0 Å². The molecular weight excluding hydrogens is 190 g/mol. The van der Waals surface area contributed by atoms with Gasteiger partial charge in [0.2, 0.25) is 0 Å². The Morgan fingerprint density at radius 1 is 1.47 bits per heavy atom. The molecule has 1 aromatic rings. The summed E-state index contributed by atoms with van der Waals surface area (Å²) >= 11 is 0. The summed E-state index contributed by atoms with van der Waals surface area (Å²) in [6.07, 6.45) is 1.56. The van der Waals surface area contributed by atoms with E-state index in [0.717, 1.165) is 12.0 Å². The Hall–Kier alpha value is -1.35. The molecule has 15 heavy (non-hydrogen) atoms. The average molecular weight is 205 g/mol. The van der Waals surface area contributed by atoms with Gasteiger partial charge in [0.1, 0.15) is 5.54 Å². The first-order valence-electron chi connectivity index (χ1n) is 5.22. The van der Waals surface area contributed by atoms with Crippen molar-refractivity contribution in [2.24, 2.45) is 0 Å². The molecule has 2 N–H and O–H groups in total. The van der Waals surface area contributed by atoms with E-state index in [1.54, 1.807) is 0 Å². The van der Waals surface area contributed by atoms with E-state index in [4.69, 9.17) is 0 Å². The van der Waals surface area contributed by atoms with Crippen LogP contribution < -0.4 is 5.32 Å². The van der Waals surface area contributed by atoms with Crippen LogP contribution in [0.15, 0.2) is 30.3 Å². The number of rotatable bonds is 2. The van der Waals surface area contributed by atoms with Gasteiger partial charge < -0.3 is 5.11 Å². The van der Waals surface area contributed by atoms with E-state index in [0.29, 0.717) is 6.42 Å². The Morgan fingerprint density at radius 2 is 2.13 bits per heavy atom. The lowest BCUT2D eigenvalue weighted by Gasteiger charge is -2.25. The maximum atomic E-state index is 11.4. The molecule has 0 aromatic heterocycles. The molecule has 0 aliphatic carbocycles. The lowest BCUT2D eigenvalue weighted by Crippen LogP contribution is -2.46. The van der Waals surface area contributed by atoms with E-state index in [2.05, 4.69) is 5.32 Å². The first-order valence-corrected chi connectivity index (χ1v) is 5.22. The van der Waals surface area contributed by atoms with Crippen molar-refractivity contribution in [3.8, 4) is 0 Å². The van der Waals surface area contributed by atoms with Gasteiger partial charge in [0.15, 0.2) is 0 Å². The molecule has 0 amide bonds. The molecule has 2 unspecified atom stereocenters. The van der Waals surface area contributed by atoms with Crippen LogP contribution in [0.1, 0.15) is 25.3 Å². The molecule has 1 saturated heterocycles. The molecule has 2 atom stereocenters. The fourth-order valence-corrected chi connectivity index (χ4v) is 2.24. The standard InChI is InChI=1S/C12H15NO2/c1-9-7-8-12(13-9,11(14)15)10-5-3-2-4-6-10/h2-6,9,13H,7-8H2,1H3,(H,14,15). The topological polar surface area (TPSA) is 49.3 Å². The molecule has 1 heterocycles. The van der Waals surface area contributed by atoms with E-state index in [1.807, 2.05) is 37.3 Å². The van der Waals surface area contributed by atoms with Gasteiger partial charge >= 0.3 is 5.97 Å². The lowest BCUT2D eigenvalue weighted by atomic mass is 9.88. The summed E-state index contributed by atoms with van der Waals surface area (Å²) in [5.41, 5.74) is -0.0254. The van der Waals surface area contributed by atoms with Crippen molar-refractivity contribution in [3.05, 3.63) is 35.9 Å². The van der Waals surface area contributed by atoms with E-state index >= 15 is 0 Å². The quantitative estimate of drug-likeness (QED) is 0.773. The van der Waals surface area contributed by atoms with Crippen LogP contribution in [0.5, 0.6) is 0 Å². The number of nitrogens with one attached hydrogen (secondary N) is 1. The smallest absolute Gasteiger partial charge is 0.328 e. The molecule has 80 valence electrons. The van der Waals surface area contributed by atoms with Crippen LogP contribution >= 0.6 is 0 Å². The minimum Gasteiger partial charge on any atom is -0.480 e. The highest BCUT2D eigenvalue weighted by Gasteiger charge is 2.45. The van der Waals surface area contributed by atoms with Crippen molar-refractivity contribution in [3.63, 3.8) is 0 Å². The van der Waals surface area contributed by atoms with E-state index in [1.165, 1.54) is 0 Å². The van der Waals surface area contributed by atoms with E-state index in [9.17, 15) is 9.90 Å². The normalized spacial score (nSPS) is 30.3. The van der Waals surface area contributed by atoms with E-state index in [-0.39, 0.29) is 6.04 Å². The zero-order chi connectivity index (χ0) is 10.9. The maximum Gasteiger partial charge on any atom is 0.328 e. The third kappa shape index (κ3) is 1.63. The molecule has 1 fully saturated rings. The van der Waals surface area contributed by atoms with Crippen molar-refractivity contribution < 1.29 is 9.90 Å². The molecule has 1 aliphatic heterocycles. The second kappa shape index (κ2) is 3.66. The highest BCUT2D eigenvalue weighted by atomic mass is 16.4. The van der Waals surface area contributed by atoms with Gasteiger partial charge in [-0.05, 0) is 25.3 Å². The zero-order valence-corrected chi connectivity index (χ0v) is 8.73. The lowest BCUT2D eigenvalue weighted by molar-refractivity contribution is -0.144. The third-order valence-corrected chi connectivity index (χ3v) is 3.08. The Balaban J connectivity index is 2.41. The second-order valence-corrected chi connectivity index (χ2v) is 4.16. The Bertz CT molecular complexity index is 363. The average Bonchev–Trinajstić information content (AvgIpc) is 2.63. The third-order valence-electron chi connectivity index (χ3n) is 3.08. The number of carbonyl (C=O) groups is 1. The van der Waals surface area contributed by atoms with Crippen molar-refractivity contribution in [1.29, 1.82) is 0 Å². The summed E-state index contributed by atoms with van der Waals surface area (Å²) < 4.78 is 0. The van der Waals surface area contributed by atoms with Gasteiger partial charge in [-0.3, -0.25) is 5.32 Å². The number of hydrogen-bond donors (Lipinski definition) is 2. The molecule has 0 radical (unpaired) electrons. The SMILES string of the molecule is CC1CCC(C(=O)O)(c2ccccc2)N1. The summed E-state index contributed by atoms with van der Waals surface area (Å²) in [7, 11) is 0. The predicted octanol–water partition coefficient (Wildman–Crippen LogP) is 1.74. The van der Waals surface area contributed by atoms with Crippen LogP contribution in [0.25, 0.3) is 0 Å². The van der Waals surface area contributed by atoms with Gasteiger partial charge in [0.05, 0.1) is 0 Å². The summed E-state index contributed by atoms with van der Waals surface area (Å²) in [5.74, 6) is -0.780. The number of carboxylic acid groups (broad SMARTS) is 1. The first kappa shape index (κ1) is 10.2. The summed E-state index contributed by atoms with van der Waals surface area (Å²) in [4.78, 5) is 11.4. The van der Waals surface area contributed by atoms with Crippen molar-refractivity contribution in [1.82, 2.24) is 5.32 Å². The van der Waals surface area contributed by atoms with Crippen molar-refractivity contribution >= 4 is 5.97 Å². The highest BCUT2D eigenvalue weighted by Crippen LogP contribution is 2.33. The molecule has 0 spiro atoms. The molecule has 3 nitrogen and oxygen atoms in total. The maximum absolute atomic E-state index is 11.4. The summed E-state index contributed by atoms with van der Waals surface area (Å²) in [5, 5.41) is 12.6. The van der Waals surface area contributed by atoms with Crippen LogP contribution in [0, 0.1) is 0 Å². The van der Waals surface area contributed by atoms with Crippen molar-refractivity contribution in [2.45, 2.75) is 31.3 Å². The largest absolute Gasteiger partial charge is 0.480 e. The van der Waals surface area contributed by atoms with Gasteiger partial charge in [0, 0.05) is 6.04 Å². The Morgan fingerprint density at radius 3 is 2.60 bits per heavy atom. The fraction of sp³-hybridized carbons (Fsp3) is 0.417. The van der Waals surface area contributed by atoms with E-state index < -0.39 is 11.5 Å². The molecule has 1 aromatic carbocycles. The van der Waals surface area contributed by atoms with Gasteiger partial charge in [-0.15, -0.1) is 0 Å². The molecule has 2 rings (SSSR count). The number of benzene rings is 1. The predicted molar refractivity (Wildman–Crippen MR) is 57.6 cm³/mol. The summed E-state index contributed by atoms with van der Waals surface area (Å²) in [6, 6.07) is 9.67. The Labute approximate surface area is 89.1 Å². The van der Waals surface area contributed by atoms with Crippen LogP contribution in [-0.4, -0.2) is 17.1 Å².